The van der Waals surface area contributed by atoms with Crippen molar-refractivity contribution in [1.29, 1.82) is 0 Å². The molecule has 3 atom stereocenters. The maximum atomic E-state index is 10.5. The van der Waals surface area contributed by atoms with Crippen molar-refractivity contribution in [3.05, 3.63) is 35.9 Å². The molecule has 0 saturated heterocycles. The highest BCUT2D eigenvalue weighted by Gasteiger charge is 2.40. The van der Waals surface area contributed by atoms with E-state index >= 15 is 0 Å². The molecule has 124 valence electrons. The van der Waals surface area contributed by atoms with E-state index in [1.54, 1.807) is 0 Å². The van der Waals surface area contributed by atoms with Crippen LogP contribution in [0.25, 0.3) is 0 Å². The number of hydrogen-bond acceptors (Lipinski definition) is 2. The lowest BCUT2D eigenvalue weighted by Crippen LogP contribution is -2.43. The predicted octanol–water partition coefficient (Wildman–Crippen LogP) is 4.95. The van der Waals surface area contributed by atoms with Crippen molar-refractivity contribution in [2.24, 2.45) is 5.92 Å². The molecule has 0 heterocycles. The molecule has 1 saturated carbocycles. The van der Waals surface area contributed by atoms with Crippen molar-refractivity contribution >= 4 is 8.32 Å². The van der Waals surface area contributed by atoms with Crippen LogP contribution in [0.5, 0.6) is 0 Å². The lowest BCUT2D eigenvalue weighted by molar-refractivity contribution is 0.0515. The van der Waals surface area contributed by atoms with E-state index in [4.69, 9.17) is 4.43 Å². The van der Waals surface area contributed by atoms with E-state index in [-0.39, 0.29) is 17.1 Å². The van der Waals surface area contributed by atoms with Gasteiger partial charge in [-0.2, -0.15) is 0 Å². The number of hydrogen-bond donors (Lipinski definition) is 1. The molecule has 3 heteroatoms. The fraction of sp³-hybridized carbons (Fsp3) is 0.684. The lowest BCUT2D eigenvalue weighted by Gasteiger charge is -2.41. The van der Waals surface area contributed by atoms with Crippen molar-refractivity contribution in [2.75, 3.05) is 6.61 Å². The zero-order valence-electron chi connectivity index (χ0n) is 14.8. The smallest absolute Gasteiger partial charge is 0.191 e. The van der Waals surface area contributed by atoms with Gasteiger partial charge in [0.1, 0.15) is 0 Å². The molecule has 1 aromatic carbocycles. The Labute approximate surface area is 137 Å². The van der Waals surface area contributed by atoms with E-state index < -0.39 is 8.32 Å². The Bertz CT molecular complexity index is 464. The van der Waals surface area contributed by atoms with Gasteiger partial charge >= 0.3 is 0 Å². The number of aliphatic hydroxyl groups excluding tert-OH is 1. The molecule has 1 aromatic rings. The van der Waals surface area contributed by atoms with E-state index in [1.807, 2.05) is 6.07 Å². The van der Waals surface area contributed by atoms with E-state index in [2.05, 4.69) is 58.1 Å². The van der Waals surface area contributed by atoms with Crippen molar-refractivity contribution in [2.45, 2.75) is 70.2 Å². The number of aliphatic hydroxyl groups is 1. The van der Waals surface area contributed by atoms with E-state index in [1.165, 1.54) is 5.56 Å². The third-order valence-corrected chi connectivity index (χ3v) is 10.1. The summed E-state index contributed by atoms with van der Waals surface area (Å²) in [5, 5.41) is 10.8. The summed E-state index contributed by atoms with van der Waals surface area (Å²) in [5.74, 6) is 0.653. The fourth-order valence-electron chi connectivity index (χ4n) is 3.15. The molecule has 0 amide bonds. The number of rotatable bonds is 4. The zero-order chi connectivity index (χ0) is 16.4. The van der Waals surface area contributed by atoms with E-state index in [0.717, 1.165) is 25.9 Å². The summed E-state index contributed by atoms with van der Waals surface area (Å²) >= 11 is 0. The van der Waals surface area contributed by atoms with Crippen molar-refractivity contribution in [3.8, 4) is 0 Å². The van der Waals surface area contributed by atoms with E-state index in [9.17, 15) is 5.11 Å². The van der Waals surface area contributed by atoms with Crippen LogP contribution in [0.3, 0.4) is 0 Å². The number of benzene rings is 1. The first kappa shape index (κ1) is 17.7. The second-order valence-corrected chi connectivity index (χ2v) is 13.1. The third-order valence-electron chi connectivity index (χ3n) is 5.65. The van der Waals surface area contributed by atoms with Gasteiger partial charge in [-0.05, 0) is 42.5 Å². The summed E-state index contributed by atoms with van der Waals surface area (Å²) in [7, 11) is -1.72. The van der Waals surface area contributed by atoms with Crippen LogP contribution >= 0.6 is 0 Å². The van der Waals surface area contributed by atoms with Gasteiger partial charge in [-0.1, -0.05) is 57.5 Å². The van der Waals surface area contributed by atoms with Gasteiger partial charge in [-0.15, -0.1) is 0 Å². The second-order valence-electron chi connectivity index (χ2n) is 8.27. The fourth-order valence-corrected chi connectivity index (χ4v) is 4.21. The third kappa shape index (κ3) is 4.00. The van der Waals surface area contributed by atoms with Gasteiger partial charge in [0.05, 0.1) is 6.10 Å². The quantitative estimate of drug-likeness (QED) is 0.795. The Morgan fingerprint density at radius 3 is 2.36 bits per heavy atom. The summed E-state index contributed by atoms with van der Waals surface area (Å²) in [4.78, 5) is 0. The highest BCUT2D eigenvalue weighted by atomic mass is 28.4. The van der Waals surface area contributed by atoms with Crippen molar-refractivity contribution < 1.29 is 9.53 Å². The molecule has 0 aliphatic heterocycles. The molecule has 1 aliphatic rings. The van der Waals surface area contributed by atoms with Crippen LogP contribution in [0.1, 0.15) is 51.5 Å². The molecule has 1 aliphatic carbocycles. The van der Waals surface area contributed by atoms with Gasteiger partial charge < -0.3 is 9.53 Å². The van der Waals surface area contributed by atoms with E-state index in [0.29, 0.717) is 5.92 Å². The molecule has 0 radical (unpaired) electrons. The Balaban J connectivity index is 2.11. The molecular weight excluding hydrogens is 288 g/mol. The van der Waals surface area contributed by atoms with Gasteiger partial charge in [0.25, 0.3) is 0 Å². The molecule has 0 aromatic heterocycles. The summed E-state index contributed by atoms with van der Waals surface area (Å²) in [6.45, 7) is 12.2. The maximum absolute atomic E-state index is 10.5. The van der Waals surface area contributed by atoms with Crippen LogP contribution in [-0.4, -0.2) is 26.1 Å². The van der Waals surface area contributed by atoms with Gasteiger partial charge in [0.2, 0.25) is 0 Å². The highest BCUT2D eigenvalue weighted by Crippen LogP contribution is 2.41. The normalized spacial score (nSPS) is 26.9. The zero-order valence-corrected chi connectivity index (χ0v) is 15.8. The highest BCUT2D eigenvalue weighted by molar-refractivity contribution is 6.74. The minimum Gasteiger partial charge on any atom is -0.417 e. The standard InChI is InChI=1S/C19H32O2Si/c1-19(2,3)22(4,5)21-14-16-12-9-13-17(20)18(16)15-10-7-6-8-11-15/h6-8,10-11,16-18,20H,9,12-14H2,1-5H3/t16-,17-,18+/m1/s1. The second kappa shape index (κ2) is 6.86. The van der Waals surface area contributed by atoms with Crippen LogP contribution in [0, 0.1) is 5.92 Å². The molecule has 0 spiro atoms. The largest absolute Gasteiger partial charge is 0.417 e. The van der Waals surface area contributed by atoms with Crippen LogP contribution in [0.2, 0.25) is 18.1 Å². The van der Waals surface area contributed by atoms with Gasteiger partial charge in [0.15, 0.2) is 8.32 Å². The topological polar surface area (TPSA) is 29.5 Å². The first-order valence-corrected chi connectivity index (χ1v) is 11.5. The van der Waals surface area contributed by atoms with Crippen molar-refractivity contribution in [3.63, 3.8) is 0 Å². The summed E-state index contributed by atoms with van der Waals surface area (Å²) in [6.07, 6.45) is 2.95. The Hall–Kier alpha value is -0.643. The average Bonchev–Trinajstić information content (AvgIpc) is 2.45. The molecule has 0 bridgehead atoms. The minimum absolute atomic E-state index is 0.222. The van der Waals surface area contributed by atoms with Crippen LogP contribution in [-0.2, 0) is 4.43 Å². The van der Waals surface area contributed by atoms with Gasteiger partial charge in [-0.3, -0.25) is 0 Å². The Morgan fingerprint density at radius 1 is 1.14 bits per heavy atom. The molecule has 22 heavy (non-hydrogen) atoms. The Kier molecular flexibility index (Phi) is 5.52. The van der Waals surface area contributed by atoms with Gasteiger partial charge in [0, 0.05) is 12.5 Å². The SMILES string of the molecule is CC(C)(C)[Si](C)(C)OC[C@H]1CCC[C@@H](O)[C@H]1c1ccccc1. The van der Waals surface area contributed by atoms with Crippen LogP contribution in [0.15, 0.2) is 30.3 Å². The first-order valence-electron chi connectivity index (χ1n) is 8.59. The van der Waals surface area contributed by atoms with Crippen LogP contribution < -0.4 is 0 Å². The Morgan fingerprint density at radius 2 is 1.77 bits per heavy atom. The van der Waals surface area contributed by atoms with Gasteiger partial charge in [-0.25, -0.2) is 0 Å². The molecule has 2 nitrogen and oxygen atoms in total. The lowest BCUT2D eigenvalue weighted by atomic mass is 9.74. The molecular formula is C19H32O2Si. The molecule has 1 fully saturated rings. The summed E-state index contributed by atoms with van der Waals surface area (Å²) in [5.41, 5.74) is 1.26. The van der Waals surface area contributed by atoms with Crippen LogP contribution in [0.4, 0.5) is 0 Å². The molecule has 1 N–H and O–H groups in total. The molecule has 0 unspecified atom stereocenters. The predicted molar refractivity (Wildman–Crippen MR) is 95.7 cm³/mol. The first-order chi connectivity index (χ1) is 10.2. The molecule has 2 rings (SSSR count). The minimum atomic E-state index is -1.72. The summed E-state index contributed by atoms with van der Waals surface area (Å²) < 4.78 is 6.46. The van der Waals surface area contributed by atoms with Crippen molar-refractivity contribution in [1.82, 2.24) is 0 Å². The monoisotopic (exact) mass is 320 g/mol. The summed E-state index contributed by atoms with van der Waals surface area (Å²) in [6, 6.07) is 10.5. The maximum Gasteiger partial charge on any atom is 0.191 e. The average molecular weight is 321 g/mol.